The number of rotatable bonds is 35. The molecule has 0 aromatic heterocycles. The minimum atomic E-state index is -1.15. The number of unbranched alkanes of at least 4 members (excludes halogenated alkanes) is 13. The zero-order chi connectivity index (χ0) is 45.5. The average Bonchev–Trinajstić information content (AvgIpc) is 3.17. The van der Waals surface area contributed by atoms with Gasteiger partial charge in [0.15, 0.2) is 7.85 Å². The van der Waals surface area contributed by atoms with E-state index in [1.807, 2.05) is 7.05 Å². The van der Waals surface area contributed by atoms with E-state index in [1.54, 1.807) is 13.3 Å². The molecule has 10 N–H and O–H groups in total. The molecule has 17 nitrogen and oxygen atoms in total. The monoisotopic (exact) mass is 926 g/mol. The van der Waals surface area contributed by atoms with E-state index in [1.165, 1.54) is 44.4 Å². The van der Waals surface area contributed by atoms with Crippen molar-refractivity contribution < 1.29 is 81.3 Å². The number of hydrogen-bond donors (Lipinski definition) is 7. The van der Waals surface area contributed by atoms with Gasteiger partial charge in [0.1, 0.15) is 12.3 Å². The van der Waals surface area contributed by atoms with Crippen molar-refractivity contribution in [3.63, 3.8) is 0 Å². The van der Waals surface area contributed by atoms with Crippen LogP contribution in [0.25, 0.3) is 5.73 Å². The van der Waals surface area contributed by atoms with Crippen LogP contribution in [0.4, 0.5) is 0 Å². The van der Waals surface area contributed by atoms with Crippen molar-refractivity contribution in [3.05, 3.63) is 5.73 Å². The number of nitrogens with one attached hydrogen (secondary N) is 4. The molecule has 0 saturated heterocycles. The summed E-state index contributed by atoms with van der Waals surface area (Å²) in [5.74, 6) is -2.63. The van der Waals surface area contributed by atoms with Gasteiger partial charge < -0.3 is 62.6 Å². The van der Waals surface area contributed by atoms with Gasteiger partial charge >= 0.3 is 11.9 Å². The maximum Gasteiger partial charge on any atom is 0.326 e. The van der Waals surface area contributed by atoms with Crippen molar-refractivity contribution in [1.29, 1.82) is 0 Å². The molecule has 0 fully saturated rings. The van der Waals surface area contributed by atoms with Crippen LogP contribution in [0.2, 0.25) is 0 Å². The first-order valence-electron chi connectivity index (χ1n) is 21.1. The van der Waals surface area contributed by atoms with Crippen molar-refractivity contribution in [2.75, 3.05) is 33.7 Å². The number of likely N-dealkylation sites (N-methyl/N-ethyl adjacent to an activating group) is 1. The van der Waals surface area contributed by atoms with E-state index >= 15 is 0 Å². The minimum absolute atomic E-state index is 0. The average molecular weight is 927 g/mol. The SMILES string of the molecule is CNCCCC[C@@H](N)C(=O)N(C)C[C-]=O.NC(C=O)CCCCNC(=O)CCC(NC(=O)CCCCCCCCCCCCCCC(=O)O)C(=O)O.[B]C(=O)C(C)(C)[NH-].[Y]. The number of amides is 3. The molecule has 0 saturated carbocycles. The van der Waals surface area contributed by atoms with Crippen LogP contribution in [-0.2, 0) is 71.1 Å². The smallest absolute Gasteiger partial charge is 0.326 e. The number of carboxylic acid groups (broad SMARTS) is 2. The van der Waals surface area contributed by atoms with Crippen molar-refractivity contribution in [2.24, 2.45) is 11.5 Å². The Morgan fingerprint density at radius 1 is 0.750 bits per heavy atom. The Bertz CT molecular complexity index is 1180. The number of hydrogen-bond acceptors (Lipinski definition) is 11. The van der Waals surface area contributed by atoms with Crippen molar-refractivity contribution in [3.8, 4) is 0 Å². The van der Waals surface area contributed by atoms with Gasteiger partial charge in [0.2, 0.25) is 17.7 Å². The summed E-state index contributed by atoms with van der Waals surface area (Å²) < 4.78 is 0. The van der Waals surface area contributed by atoms with Gasteiger partial charge in [-0.15, -0.1) is 0 Å². The summed E-state index contributed by atoms with van der Waals surface area (Å²) in [7, 11) is 8.19. The van der Waals surface area contributed by atoms with Crippen LogP contribution in [0.3, 0.4) is 0 Å². The summed E-state index contributed by atoms with van der Waals surface area (Å²) in [6.45, 7) is 4.26. The molecule has 60 heavy (non-hydrogen) atoms. The third-order valence-electron chi connectivity index (χ3n) is 9.10. The van der Waals surface area contributed by atoms with Gasteiger partial charge in [-0.2, -0.15) is 0 Å². The standard InChI is InChI=1S/C27H49N3O7.C10H20N3O2.C4H7BNO.Y/c28-22(21-31)15-13-14-20-29-24(32)19-18-23(27(36)37)30-25(33)16-11-9-7-5-3-1-2-4-6-8-10-12-17-26(34)35;1-12-6-4-3-5-9(11)10(15)13(2)7-8-14;1-4(2,6)3(5)7;/h21-23H,1-20,28H2,(H,29,32)(H,30,33)(H,34,35)(H,36,37);9,12H,3-7,11H2,1-2H3;6H,1-2H3;/q;2*-1;/t;9-;;/m.1../s1. The molecule has 0 aromatic carbocycles. The molecule has 0 bridgehead atoms. The number of aliphatic carboxylic acids is 2. The van der Waals surface area contributed by atoms with E-state index in [9.17, 15) is 43.5 Å². The van der Waals surface area contributed by atoms with E-state index in [4.69, 9.17) is 30.2 Å². The molecule has 3 atom stereocenters. The second-order valence-corrected chi connectivity index (χ2v) is 15.3. The quantitative estimate of drug-likeness (QED) is 0.0208. The first kappa shape index (κ1) is 64.0. The van der Waals surface area contributed by atoms with Crippen LogP contribution in [0.5, 0.6) is 0 Å². The Kier molecular flexibility index (Phi) is 45.9. The van der Waals surface area contributed by atoms with Gasteiger partial charge in [-0.05, 0) is 65.0 Å². The maximum atomic E-state index is 12.1. The molecule has 3 amide bonds. The second-order valence-electron chi connectivity index (χ2n) is 15.3. The van der Waals surface area contributed by atoms with Crippen LogP contribution >= 0.6 is 0 Å². The van der Waals surface area contributed by atoms with E-state index < -0.39 is 41.3 Å². The fourth-order valence-corrected chi connectivity index (χ4v) is 5.27. The number of carbonyl (C=O) groups excluding carboxylic acids is 6. The fraction of sp³-hybridized carbons (Fsp3) is 0.805. The van der Waals surface area contributed by atoms with Crippen LogP contribution in [0.15, 0.2) is 0 Å². The van der Waals surface area contributed by atoms with E-state index in [-0.39, 0.29) is 82.7 Å². The van der Waals surface area contributed by atoms with Crippen molar-refractivity contribution in [1.82, 2.24) is 20.9 Å². The Labute approximate surface area is 385 Å². The van der Waals surface area contributed by atoms with Gasteiger partial charge in [-0.1, -0.05) is 96.6 Å². The first-order chi connectivity index (χ1) is 27.8. The zero-order valence-electron chi connectivity index (χ0n) is 36.9. The van der Waals surface area contributed by atoms with Gasteiger partial charge in [0.05, 0.1) is 17.8 Å². The Morgan fingerprint density at radius 2 is 1.22 bits per heavy atom. The molecule has 0 heterocycles. The third-order valence-corrected chi connectivity index (χ3v) is 9.10. The molecule has 0 aromatic rings. The van der Waals surface area contributed by atoms with Crippen LogP contribution in [0.1, 0.15) is 155 Å². The van der Waals surface area contributed by atoms with Crippen molar-refractivity contribution >= 4 is 55.8 Å². The third kappa shape index (κ3) is 44.9. The topological polar surface area (TPSA) is 292 Å². The van der Waals surface area contributed by atoms with Crippen LogP contribution in [0, 0.1) is 0 Å². The predicted molar refractivity (Wildman–Crippen MR) is 230 cm³/mol. The summed E-state index contributed by atoms with van der Waals surface area (Å²) in [5, 5.41) is 26.2. The molecule has 0 rings (SSSR count). The molecule has 0 aliphatic heterocycles. The first-order valence-corrected chi connectivity index (χ1v) is 21.1. The molecule has 3 radical (unpaired) electrons. The summed E-state index contributed by atoms with van der Waals surface area (Å²) in [4.78, 5) is 89.3. The van der Waals surface area contributed by atoms with E-state index in [0.717, 1.165) is 64.3 Å². The van der Waals surface area contributed by atoms with Crippen LogP contribution in [-0.4, -0.2) is 128 Å². The van der Waals surface area contributed by atoms with Gasteiger partial charge in [0, 0.05) is 65.6 Å². The molecular weight excluding hydrogens is 850 g/mol. The summed E-state index contributed by atoms with van der Waals surface area (Å²) >= 11 is 0. The van der Waals surface area contributed by atoms with Gasteiger partial charge in [-0.3, -0.25) is 19.2 Å². The molecule has 343 valence electrons. The van der Waals surface area contributed by atoms with E-state index in [2.05, 4.69) is 16.0 Å². The molecule has 0 aliphatic carbocycles. The van der Waals surface area contributed by atoms with Crippen LogP contribution < -0.4 is 27.4 Å². The molecule has 19 heteroatoms. The number of nitrogens with zero attached hydrogens (tertiary/aromatic N) is 1. The normalized spacial score (nSPS) is 12.1. The second kappa shape index (κ2) is 43.0. The number of nitrogens with two attached hydrogens (primary N) is 2. The molecular formula is C41H76BN7O10Y-2. The number of aldehydes is 1. The molecule has 2 unspecified atom stereocenters. The fourth-order valence-electron chi connectivity index (χ4n) is 5.27. The minimum Gasteiger partial charge on any atom is -0.667 e. The van der Waals surface area contributed by atoms with Gasteiger partial charge in [-0.25, -0.2) is 11.1 Å². The number of carboxylic acids is 2. The number of carbonyl (C=O) groups is 7. The Hall–Kier alpha value is -2.63. The van der Waals surface area contributed by atoms with E-state index in [0.29, 0.717) is 44.9 Å². The summed E-state index contributed by atoms with van der Waals surface area (Å²) in [6.07, 6.45) is 20.1. The predicted octanol–water partition coefficient (Wildman–Crippen LogP) is 3.48. The zero-order valence-corrected chi connectivity index (χ0v) is 39.7. The summed E-state index contributed by atoms with van der Waals surface area (Å²) in [5.41, 5.74) is 16.4. The molecule has 0 aliphatic rings. The molecule has 0 spiro atoms. The van der Waals surface area contributed by atoms with Gasteiger partial charge in [0.25, 0.3) is 0 Å². The van der Waals surface area contributed by atoms with Crippen molar-refractivity contribution in [2.45, 2.75) is 179 Å². The summed E-state index contributed by atoms with van der Waals surface area (Å²) in [6, 6.07) is -2.06. The Morgan fingerprint density at radius 3 is 1.65 bits per heavy atom. The Balaban J connectivity index is -0.000000557. The largest absolute Gasteiger partial charge is 0.667 e. The maximum absolute atomic E-state index is 12.1.